The summed E-state index contributed by atoms with van der Waals surface area (Å²) in [6.07, 6.45) is 5.98. The summed E-state index contributed by atoms with van der Waals surface area (Å²) in [5.74, 6) is -1.09. The van der Waals surface area contributed by atoms with E-state index in [1.807, 2.05) is 0 Å². The summed E-state index contributed by atoms with van der Waals surface area (Å²) in [4.78, 5) is 26.5. The molecule has 1 unspecified atom stereocenters. The summed E-state index contributed by atoms with van der Waals surface area (Å²) in [6, 6.07) is 4.34. The Morgan fingerprint density at radius 1 is 1.32 bits per heavy atom. The molecular formula is C19H26BrFN2O2. The molecule has 1 atom stereocenters. The Kier molecular flexibility index (Phi) is 7.88. The second-order valence-electron chi connectivity index (χ2n) is 6.57. The zero-order valence-corrected chi connectivity index (χ0v) is 16.3. The fourth-order valence-electron chi connectivity index (χ4n) is 3.12. The van der Waals surface area contributed by atoms with Crippen LogP contribution in [0.5, 0.6) is 0 Å². The Morgan fingerprint density at radius 2 is 2.12 bits per heavy atom. The maximum atomic E-state index is 14.0. The highest BCUT2D eigenvalue weighted by Gasteiger charge is 2.29. The van der Waals surface area contributed by atoms with E-state index >= 15 is 0 Å². The quantitative estimate of drug-likeness (QED) is 0.684. The van der Waals surface area contributed by atoms with Crippen LogP contribution in [0.2, 0.25) is 0 Å². The van der Waals surface area contributed by atoms with Crippen LogP contribution in [0.4, 0.5) is 4.39 Å². The number of hydrogen-bond donors (Lipinski definition) is 1. The Balaban J connectivity index is 1.90. The van der Waals surface area contributed by atoms with Crippen molar-refractivity contribution in [2.75, 3.05) is 19.6 Å². The normalized spacial score (nSPS) is 17.4. The van der Waals surface area contributed by atoms with Crippen molar-refractivity contribution in [3.8, 4) is 0 Å². The minimum Gasteiger partial charge on any atom is -0.356 e. The molecule has 1 heterocycles. The van der Waals surface area contributed by atoms with Gasteiger partial charge in [0.2, 0.25) is 5.91 Å². The van der Waals surface area contributed by atoms with Crippen molar-refractivity contribution in [1.82, 2.24) is 10.2 Å². The number of rotatable bonds is 7. The maximum absolute atomic E-state index is 14.0. The SMILES string of the molecule is CCCCCCNC(=O)C1CCCN(C(=O)c2cc(Br)ccc2F)C1. The second kappa shape index (κ2) is 9.90. The molecule has 1 aromatic carbocycles. The van der Waals surface area contributed by atoms with Gasteiger partial charge in [-0.15, -0.1) is 0 Å². The van der Waals surface area contributed by atoms with Gasteiger partial charge in [-0.1, -0.05) is 42.1 Å². The number of hydrogen-bond acceptors (Lipinski definition) is 2. The van der Waals surface area contributed by atoms with E-state index < -0.39 is 5.82 Å². The van der Waals surface area contributed by atoms with Gasteiger partial charge in [0.25, 0.3) is 5.91 Å². The van der Waals surface area contributed by atoms with Crippen molar-refractivity contribution >= 4 is 27.7 Å². The first-order chi connectivity index (χ1) is 12.0. The Hall–Kier alpha value is -1.43. The smallest absolute Gasteiger partial charge is 0.256 e. The first-order valence-electron chi connectivity index (χ1n) is 9.05. The van der Waals surface area contributed by atoms with E-state index in [0.29, 0.717) is 24.1 Å². The monoisotopic (exact) mass is 412 g/mol. The predicted molar refractivity (Wildman–Crippen MR) is 99.9 cm³/mol. The third-order valence-electron chi connectivity index (χ3n) is 4.57. The van der Waals surface area contributed by atoms with E-state index in [2.05, 4.69) is 28.2 Å². The number of carbonyl (C=O) groups excluding carboxylic acids is 2. The first kappa shape index (κ1) is 19.9. The van der Waals surface area contributed by atoms with Gasteiger partial charge in [0.05, 0.1) is 11.5 Å². The van der Waals surface area contributed by atoms with Crippen molar-refractivity contribution in [2.45, 2.75) is 45.4 Å². The van der Waals surface area contributed by atoms with Crippen LogP contribution < -0.4 is 5.32 Å². The molecule has 138 valence electrons. The lowest BCUT2D eigenvalue weighted by atomic mass is 9.96. The molecule has 0 aromatic heterocycles. The average molecular weight is 413 g/mol. The highest BCUT2D eigenvalue weighted by molar-refractivity contribution is 9.10. The van der Waals surface area contributed by atoms with Crippen molar-refractivity contribution < 1.29 is 14.0 Å². The fourth-order valence-corrected chi connectivity index (χ4v) is 3.48. The summed E-state index contributed by atoms with van der Waals surface area (Å²) < 4.78 is 14.6. The molecule has 2 amide bonds. The molecule has 25 heavy (non-hydrogen) atoms. The molecule has 0 bridgehead atoms. The zero-order valence-electron chi connectivity index (χ0n) is 14.7. The summed E-state index contributed by atoms with van der Waals surface area (Å²) in [6.45, 7) is 3.75. The van der Waals surface area contributed by atoms with Gasteiger partial charge in [-0.05, 0) is 37.5 Å². The number of piperidine rings is 1. The number of nitrogens with one attached hydrogen (secondary N) is 1. The van der Waals surface area contributed by atoms with Gasteiger partial charge in [0.1, 0.15) is 5.82 Å². The standard InChI is InChI=1S/C19H26BrFN2O2/c1-2-3-4-5-10-22-18(24)14-7-6-11-23(13-14)19(25)16-12-15(20)8-9-17(16)21/h8-9,12,14H,2-7,10-11,13H2,1H3,(H,22,24). The van der Waals surface area contributed by atoms with Gasteiger partial charge < -0.3 is 10.2 Å². The number of benzene rings is 1. The number of unbranched alkanes of at least 4 members (excludes halogenated alkanes) is 3. The number of halogens is 2. The van der Waals surface area contributed by atoms with Gasteiger partial charge in [-0.25, -0.2) is 4.39 Å². The van der Waals surface area contributed by atoms with Crippen LogP contribution >= 0.6 is 15.9 Å². The molecular weight excluding hydrogens is 387 g/mol. The van der Waals surface area contributed by atoms with E-state index in [-0.39, 0.29) is 23.3 Å². The summed E-state index contributed by atoms with van der Waals surface area (Å²) in [5.41, 5.74) is 0.0509. The number of nitrogens with zero attached hydrogens (tertiary/aromatic N) is 1. The molecule has 0 radical (unpaired) electrons. The summed E-state index contributed by atoms with van der Waals surface area (Å²) in [5, 5.41) is 2.97. The largest absolute Gasteiger partial charge is 0.356 e. The lowest BCUT2D eigenvalue weighted by Crippen LogP contribution is -2.45. The van der Waals surface area contributed by atoms with Gasteiger partial charge in [0, 0.05) is 24.1 Å². The second-order valence-corrected chi connectivity index (χ2v) is 7.48. The molecule has 1 fully saturated rings. The number of amides is 2. The third kappa shape index (κ3) is 5.80. The summed E-state index contributed by atoms with van der Waals surface area (Å²) >= 11 is 3.27. The minimum atomic E-state index is -0.532. The van der Waals surface area contributed by atoms with E-state index in [9.17, 15) is 14.0 Å². The molecule has 1 aliphatic heterocycles. The Morgan fingerprint density at radius 3 is 2.88 bits per heavy atom. The van der Waals surface area contributed by atoms with E-state index in [1.165, 1.54) is 25.0 Å². The Labute approximate surface area is 157 Å². The molecule has 1 saturated heterocycles. The highest BCUT2D eigenvalue weighted by Crippen LogP contribution is 2.22. The minimum absolute atomic E-state index is 0.00344. The molecule has 6 heteroatoms. The predicted octanol–water partition coefficient (Wildman–Crippen LogP) is 4.14. The molecule has 0 saturated carbocycles. The fraction of sp³-hybridized carbons (Fsp3) is 0.579. The van der Waals surface area contributed by atoms with Gasteiger partial charge in [-0.2, -0.15) is 0 Å². The lowest BCUT2D eigenvalue weighted by molar-refractivity contribution is -0.126. The molecule has 1 aromatic rings. The van der Waals surface area contributed by atoms with Gasteiger partial charge in [0.15, 0.2) is 0 Å². The highest BCUT2D eigenvalue weighted by atomic mass is 79.9. The molecule has 0 spiro atoms. The van der Waals surface area contributed by atoms with Crippen LogP contribution in [0.15, 0.2) is 22.7 Å². The first-order valence-corrected chi connectivity index (χ1v) is 9.84. The molecule has 1 aliphatic rings. The van der Waals surface area contributed by atoms with Gasteiger partial charge in [-0.3, -0.25) is 9.59 Å². The van der Waals surface area contributed by atoms with Crippen molar-refractivity contribution in [1.29, 1.82) is 0 Å². The zero-order chi connectivity index (χ0) is 18.2. The molecule has 2 rings (SSSR count). The van der Waals surface area contributed by atoms with Crippen LogP contribution in [-0.4, -0.2) is 36.3 Å². The molecule has 0 aliphatic carbocycles. The van der Waals surface area contributed by atoms with Crippen LogP contribution in [-0.2, 0) is 4.79 Å². The topological polar surface area (TPSA) is 49.4 Å². The van der Waals surface area contributed by atoms with Crippen molar-refractivity contribution in [2.24, 2.45) is 5.92 Å². The molecule has 4 nitrogen and oxygen atoms in total. The summed E-state index contributed by atoms with van der Waals surface area (Å²) in [7, 11) is 0. The number of likely N-dealkylation sites (tertiary alicyclic amines) is 1. The van der Waals surface area contributed by atoms with E-state index in [1.54, 1.807) is 11.0 Å². The van der Waals surface area contributed by atoms with Crippen LogP contribution in [0.1, 0.15) is 55.8 Å². The van der Waals surface area contributed by atoms with Crippen molar-refractivity contribution in [3.63, 3.8) is 0 Å². The Bertz CT molecular complexity index is 609. The average Bonchev–Trinajstić information content (AvgIpc) is 2.63. The van der Waals surface area contributed by atoms with Crippen LogP contribution in [0, 0.1) is 11.7 Å². The lowest BCUT2D eigenvalue weighted by Gasteiger charge is -2.32. The van der Waals surface area contributed by atoms with Crippen LogP contribution in [0.25, 0.3) is 0 Å². The molecule has 1 N–H and O–H groups in total. The van der Waals surface area contributed by atoms with Crippen molar-refractivity contribution in [3.05, 3.63) is 34.1 Å². The maximum Gasteiger partial charge on any atom is 0.256 e. The van der Waals surface area contributed by atoms with E-state index in [0.717, 1.165) is 25.7 Å². The van der Waals surface area contributed by atoms with Crippen LogP contribution in [0.3, 0.4) is 0 Å². The van der Waals surface area contributed by atoms with E-state index in [4.69, 9.17) is 0 Å². The third-order valence-corrected chi connectivity index (χ3v) is 5.06. The number of carbonyl (C=O) groups is 2. The van der Waals surface area contributed by atoms with Gasteiger partial charge >= 0.3 is 0 Å².